The van der Waals surface area contributed by atoms with Crippen LogP contribution in [0.1, 0.15) is 5.56 Å². The molecule has 0 bridgehead atoms. The second kappa shape index (κ2) is 5.74. The summed E-state index contributed by atoms with van der Waals surface area (Å²) in [5.74, 6) is -0.0268. The van der Waals surface area contributed by atoms with Crippen LogP contribution in [0.4, 0.5) is 11.4 Å². The number of phenolic OH excluding ortho intramolecular Hbond substituents is 1. The molecule has 1 heterocycles. The molecule has 20 heavy (non-hydrogen) atoms. The summed E-state index contributed by atoms with van der Waals surface area (Å²) in [5, 5.41) is 27.6. The molecule has 0 radical (unpaired) electrons. The van der Waals surface area contributed by atoms with Crippen molar-refractivity contribution in [3.8, 4) is 5.75 Å². The molecule has 0 aromatic heterocycles. The Kier molecular flexibility index (Phi) is 4.22. The molecule has 0 aliphatic carbocycles. The van der Waals surface area contributed by atoms with Crippen molar-refractivity contribution >= 4 is 29.2 Å². The van der Waals surface area contributed by atoms with Crippen LogP contribution in [0.2, 0.25) is 5.02 Å². The van der Waals surface area contributed by atoms with Gasteiger partial charge in [0.1, 0.15) is 16.9 Å². The Morgan fingerprint density at radius 3 is 2.90 bits per heavy atom. The Bertz CT molecular complexity index is 537. The molecule has 1 aromatic rings. The number of anilines is 2. The smallest absolute Gasteiger partial charge is 0.139 e. The van der Waals surface area contributed by atoms with Gasteiger partial charge < -0.3 is 27.0 Å². The van der Waals surface area contributed by atoms with E-state index in [-0.39, 0.29) is 29.1 Å². The number of nitrogens with zero attached hydrogens (tertiary/aromatic N) is 2. The number of aryl methyl sites for hydroxylation is 1. The number of halogens is 1. The molecule has 2 rings (SSSR count). The van der Waals surface area contributed by atoms with E-state index in [4.69, 9.17) is 28.2 Å². The van der Waals surface area contributed by atoms with Crippen molar-refractivity contribution in [1.29, 1.82) is 0 Å². The number of nitrogens with two attached hydrogens (primary N) is 2. The maximum absolute atomic E-state index is 9.71. The van der Waals surface area contributed by atoms with Crippen LogP contribution in [-0.4, -0.2) is 46.8 Å². The van der Waals surface area contributed by atoms with Crippen molar-refractivity contribution in [1.82, 2.24) is 5.01 Å². The highest BCUT2D eigenvalue weighted by Crippen LogP contribution is 2.38. The second-order valence-electron chi connectivity index (χ2n) is 4.63. The van der Waals surface area contributed by atoms with E-state index in [2.05, 4.69) is 10.4 Å². The number of nitrogens with one attached hydrogen (secondary N) is 1. The summed E-state index contributed by atoms with van der Waals surface area (Å²) in [6.07, 6.45) is 1.24. The number of rotatable bonds is 4. The van der Waals surface area contributed by atoms with Gasteiger partial charge in [-0.2, -0.15) is 5.10 Å². The predicted octanol–water partition coefficient (Wildman–Crippen LogP) is 0.295. The van der Waals surface area contributed by atoms with Crippen molar-refractivity contribution < 1.29 is 10.2 Å². The number of nitrogen functional groups attached to an aromatic ring is 1. The molecule has 0 saturated carbocycles. The highest BCUT2D eigenvalue weighted by atomic mass is 35.5. The van der Waals surface area contributed by atoms with Gasteiger partial charge in [0.05, 0.1) is 36.8 Å². The largest absolute Gasteiger partial charge is 0.506 e. The molecule has 7 N–H and O–H groups in total. The fourth-order valence-electron chi connectivity index (χ4n) is 2.02. The van der Waals surface area contributed by atoms with Crippen LogP contribution < -0.4 is 16.8 Å². The summed E-state index contributed by atoms with van der Waals surface area (Å²) < 4.78 is 0. The van der Waals surface area contributed by atoms with Gasteiger partial charge in [-0.15, -0.1) is 0 Å². The van der Waals surface area contributed by atoms with E-state index < -0.39 is 6.17 Å². The summed E-state index contributed by atoms with van der Waals surface area (Å²) in [7, 11) is 0. The molecule has 0 saturated heterocycles. The topological polar surface area (TPSA) is 120 Å². The van der Waals surface area contributed by atoms with Gasteiger partial charge in [-0.1, -0.05) is 11.6 Å². The van der Waals surface area contributed by atoms with Crippen molar-refractivity contribution in [2.75, 3.05) is 24.2 Å². The van der Waals surface area contributed by atoms with Gasteiger partial charge >= 0.3 is 0 Å². The van der Waals surface area contributed by atoms with E-state index in [0.717, 1.165) is 0 Å². The van der Waals surface area contributed by atoms with Gasteiger partial charge in [-0.05, 0) is 18.6 Å². The van der Waals surface area contributed by atoms with E-state index in [9.17, 15) is 5.11 Å². The molecule has 0 fully saturated rings. The van der Waals surface area contributed by atoms with Gasteiger partial charge in [0.15, 0.2) is 0 Å². The van der Waals surface area contributed by atoms with E-state index in [1.165, 1.54) is 0 Å². The maximum atomic E-state index is 9.71. The zero-order valence-corrected chi connectivity index (χ0v) is 11.8. The number of hydrogen-bond acceptors (Lipinski definition) is 7. The highest BCUT2D eigenvalue weighted by Gasteiger charge is 2.28. The number of aliphatic hydroxyl groups is 1. The number of phenols is 1. The van der Waals surface area contributed by atoms with Crippen LogP contribution in [0.25, 0.3) is 0 Å². The molecule has 110 valence electrons. The first kappa shape index (κ1) is 14.7. The van der Waals surface area contributed by atoms with Crippen LogP contribution in [-0.2, 0) is 0 Å². The minimum Gasteiger partial charge on any atom is -0.506 e. The minimum absolute atomic E-state index is 0.0238. The number of β-amino-alcohol motifs (C(OH)–C–C–N with tert-alkyl or cyclic N) is 1. The fraction of sp³-hybridized carbons (Fsp3) is 0.417. The van der Waals surface area contributed by atoms with E-state index in [1.54, 1.807) is 24.2 Å². The Balaban J connectivity index is 2.18. The molecule has 7 nitrogen and oxygen atoms in total. The molecular formula is C12H18ClN5O2. The van der Waals surface area contributed by atoms with Crippen LogP contribution in [0, 0.1) is 6.92 Å². The summed E-state index contributed by atoms with van der Waals surface area (Å²) >= 11 is 5.96. The predicted molar refractivity (Wildman–Crippen MR) is 79.9 cm³/mol. The first-order valence-electron chi connectivity index (χ1n) is 6.17. The van der Waals surface area contributed by atoms with Gasteiger partial charge in [0.25, 0.3) is 0 Å². The number of benzene rings is 1. The molecule has 8 heteroatoms. The average molecular weight is 300 g/mol. The van der Waals surface area contributed by atoms with Gasteiger partial charge in [0, 0.05) is 0 Å². The van der Waals surface area contributed by atoms with Crippen molar-refractivity contribution in [3.63, 3.8) is 0 Å². The highest BCUT2D eigenvalue weighted by molar-refractivity contribution is 6.35. The first-order valence-corrected chi connectivity index (χ1v) is 6.54. The number of hydrogen-bond donors (Lipinski definition) is 5. The van der Waals surface area contributed by atoms with Crippen molar-refractivity contribution in [2.24, 2.45) is 10.8 Å². The van der Waals surface area contributed by atoms with Crippen LogP contribution in [0.15, 0.2) is 11.2 Å². The van der Waals surface area contributed by atoms with E-state index in [1.807, 2.05) is 0 Å². The number of aromatic hydroxyl groups is 1. The third-order valence-corrected chi connectivity index (χ3v) is 3.59. The molecule has 2 unspecified atom stereocenters. The van der Waals surface area contributed by atoms with Crippen LogP contribution in [0.3, 0.4) is 0 Å². The zero-order chi connectivity index (χ0) is 14.9. The van der Waals surface area contributed by atoms with Gasteiger partial charge in [-0.3, -0.25) is 5.01 Å². The van der Waals surface area contributed by atoms with E-state index >= 15 is 0 Å². The maximum Gasteiger partial charge on any atom is 0.139 e. The lowest BCUT2D eigenvalue weighted by Gasteiger charge is -2.25. The molecule has 1 aliphatic rings. The monoisotopic (exact) mass is 299 g/mol. The second-order valence-corrected chi connectivity index (χ2v) is 5.01. The Labute approximate surface area is 121 Å². The lowest BCUT2D eigenvalue weighted by atomic mass is 10.1. The Hall–Kier alpha value is -1.70. The summed E-state index contributed by atoms with van der Waals surface area (Å²) in [4.78, 5) is 0. The summed E-state index contributed by atoms with van der Waals surface area (Å²) in [6, 6.07) is 1.44. The van der Waals surface area contributed by atoms with Gasteiger partial charge in [-0.25, -0.2) is 0 Å². The standard InChI is InChI=1S/C12H18ClN5O2/c1-6-4-7(10(14)9(13)11(6)20)17-8-5-16-18(2-3-19)12(8)15/h4-5,8,12,17,19-20H,2-3,14-15H2,1H3. The molecule has 1 aliphatic heterocycles. The quantitative estimate of drug-likeness (QED) is 0.403. The third kappa shape index (κ3) is 2.60. The molecule has 1 aromatic carbocycles. The van der Waals surface area contributed by atoms with E-state index in [0.29, 0.717) is 17.8 Å². The lowest BCUT2D eigenvalue weighted by molar-refractivity contribution is 0.170. The van der Waals surface area contributed by atoms with Crippen LogP contribution >= 0.6 is 11.6 Å². The molecule has 0 amide bonds. The normalized spacial score (nSPS) is 21.5. The molecule has 2 atom stereocenters. The van der Waals surface area contributed by atoms with Gasteiger partial charge in [0.2, 0.25) is 0 Å². The number of aliphatic hydroxyl groups excluding tert-OH is 1. The fourth-order valence-corrected chi connectivity index (χ4v) is 2.27. The first-order chi connectivity index (χ1) is 9.45. The van der Waals surface area contributed by atoms with Crippen LogP contribution in [0.5, 0.6) is 5.75 Å². The Morgan fingerprint density at radius 2 is 2.25 bits per heavy atom. The third-order valence-electron chi connectivity index (χ3n) is 3.21. The SMILES string of the molecule is Cc1cc(NC2C=NN(CCO)C2N)c(N)c(Cl)c1O. The van der Waals surface area contributed by atoms with Crippen molar-refractivity contribution in [3.05, 3.63) is 16.7 Å². The zero-order valence-electron chi connectivity index (χ0n) is 11.0. The summed E-state index contributed by atoms with van der Waals surface area (Å²) in [5.41, 5.74) is 13.4. The number of hydrazone groups is 1. The Morgan fingerprint density at radius 1 is 1.55 bits per heavy atom. The lowest BCUT2D eigenvalue weighted by Crippen LogP contribution is -2.47. The average Bonchev–Trinajstić information content (AvgIpc) is 2.76. The minimum atomic E-state index is -0.408. The molecular weight excluding hydrogens is 282 g/mol. The summed E-state index contributed by atoms with van der Waals surface area (Å²) in [6.45, 7) is 2.07. The van der Waals surface area contributed by atoms with Crippen molar-refractivity contribution in [2.45, 2.75) is 19.1 Å². The molecule has 0 spiro atoms.